The molecule has 5 nitrogen and oxygen atoms in total. The van der Waals surface area contributed by atoms with Crippen molar-refractivity contribution < 1.29 is 19.5 Å². The van der Waals surface area contributed by atoms with Crippen LogP contribution in [0.2, 0.25) is 0 Å². The first-order valence-electron chi connectivity index (χ1n) is 5.38. The molecular weight excluding hydrogens is 254 g/mol. The number of thiophene rings is 1. The van der Waals surface area contributed by atoms with Crippen LogP contribution in [0.15, 0.2) is 17.7 Å². The number of hydrogen-bond donors (Lipinski definition) is 1. The molecular formula is C12H11NO4S. The number of carboxylic acids is 1. The summed E-state index contributed by atoms with van der Waals surface area (Å²) in [6.07, 6.45) is 1.88. The second kappa shape index (κ2) is 4.38. The Hall–Kier alpha value is -1.95. The topological polar surface area (TPSA) is 74.7 Å². The minimum absolute atomic E-state index is 0.00153. The lowest BCUT2D eigenvalue weighted by atomic mass is 10.2. The van der Waals surface area contributed by atoms with E-state index >= 15 is 0 Å². The maximum atomic E-state index is 11.8. The summed E-state index contributed by atoms with van der Waals surface area (Å²) < 4.78 is 0. The Morgan fingerprint density at radius 2 is 2.11 bits per heavy atom. The molecule has 0 aromatic carbocycles. The van der Waals surface area contributed by atoms with Gasteiger partial charge in [-0.3, -0.25) is 9.59 Å². The zero-order valence-electron chi connectivity index (χ0n) is 9.89. The molecule has 0 unspecified atom stereocenters. The van der Waals surface area contributed by atoms with Gasteiger partial charge in [-0.1, -0.05) is 6.92 Å². The maximum absolute atomic E-state index is 11.8. The van der Waals surface area contributed by atoms with Crippen molar-refractivity contribution in [2.75, 3.05) is 4.90 Å². The number of aromatic carboxylic acids is 1. The largest absolute Gasteiger partial charge is 0.478 e. The van der Waals surface area contributed by atoms with Crippen LogP contribution in [0, 0.1) is 0 Å². The monoisotopic (exact) mass is 265 g/mol. The lowest BCUT2D eigenvalue weighted by molar-refractivity contribution is -0.120. The molecule has 0 bridgehead atoms. The molecule has 1 aromatic rings. The molecule has 0 saturated heterocycles. The molecule has 2 rings (SSSR count). The highest BCUT2D eigenvalue weighted by Crippen LogP contribution is 2.35. The molecule has 0 atom stereocenters. The van der Waals surface area contributed by atoms with Crippen LogP contribution in [0.5, 0.6) is 0 Å². The highest BCUT2D eigenvalue weighted by Gasteiger charge is 2.34. The normalized spacial score (nSPS) is 15.2. The summed E-state index contributed by atoms with van der Waals surface area (Å²) in [7, 11) is 0. The number of carbonyl (C=O) groups is 3. The molecule has 0 fully saturated rings. The number of rotatable bonds is 3. The van der Waals surface area contributed by atoms with Crippen molar-refractivity contribution in [3.63, 3.8) is 0 Å². The first-order chi connectivity index (χ1) is 8.45. The van der Waals surface area contributed by atoms with Gasteiger partial charge in [0, 0.05) is 16.5 Å². The van der Waals surface area contributed by atoms with Crippen LogP contribution in [0.3, 0.4) is 0 Å². The number of hydrogen-bond acceptors (Lipinski definition) is 4. The lowest BCUT2D eigenvalue weighted by Crippen LogP contribution is -2.30. The molecule has 0 spiro atoms. The maximum Gasteiger partial charge on any atom is 0.338 e. The predicted octanol–water partition coefficient (Wildman–Crippen LogP) is 1.83. The van der Waals surface area contributed by atoms with Gasteiger partial charge in [0.25, 0.3) is 11.8 Å². The van der Waals surface area contributed by atoms with Gasteiger partial charge in [0.05, 0.1) is 5.56 Å². The molecule has 2 amide bonds. The summed E-state index contributed by atoms with van der Waals surface area (Å²) in [6.45, 7) is 3.42. The first kappa shape index (κ1) is 12.5. The van der Waals surface area contributed by atoms with Crippen molar-refractivity contribution >= 4 is 34.1 Å². The Kier molecular flexibility index (Phi) is 3.04. The summed E-state index contributed by atoms with van der Waals surface area (Å²) in [5.41, 5.74) is 0.324. The van der Waals surface area contributed by atoms with Gasteiger partial charge in [-0.25, -0.2) is 9.69 Å². The van der Waals surface area contributed by atoms with E-state index < -0.39 is 17.8 Å². The van der Waals surface area contributed by atoms with Crippen molar-refractivity contribution in [2.24, 2.45) is 0 Å². The van der Waals surface area contributed by atoms with Crippen molar-refractivity contribution in [2.45, 2.75) is 20.3 Å². The number of imide groups is 1. The zero-order chi connectivity index (χ0) is 13.4. The van der Waals surface area contributed by atoms with Gasteiger partial charge >= 0.3 is 5.97 Å². The fourth-order valence-corrected chi connectivity index (χ4v) is 2.79. The highest BCUT2D eigenvalue weighted by molar-refractivity contribution is 7.17. The van der Waals surface area contributed by atoms with Crippen molar-refractivity contribution in [3.8, 4) is 0 Å². The molecule has 0 saturated carbocycles. The summed E-state index contributed by atoms with van der Waals surface area (Å²) in [6, 6.07) is 1.51. The summed E-state index contributed by atoms with van der Waals surface area (Å²) >= 11 is 1.16. The van der Waals surface area contributed by atoms with Gasteiger partial charge in [-0.2, -0.15) is 0 Å². The van der Waals surface area contributed by atoms with E-state index in [-0.39, 0.29) is 10.6 Å². The highest BCUT2D eigenvalue weighted by atomic mass is 32.1. The van der Waals surface area contributed by atoms with E-state index in [1.165, 1.54) is 19.1 Å². The van der Waals surface area contributed by atoms with Gasteiger partial charge < -0.3 is 5.11 Å². The second-order valence-electron chi connectivity index (χ2n) is 3.90. The Morgan fingerprint density at radius 3 is 2.56 bits per heavy atom. The van der Waals surface area contributed by atoms with E-state index in [1.807, 2.05) is 6.92 Å². The third-order valence-corrected chi connectivity index (χ3v) is 3.91. The molecule has 1 aliphatic heterocycles. The van der Waals surface area contributed by atoms with E-state index in [0.29, 0.717) is 12.0 Å². The van der Waals surface area contributed by atoms with E-state index in [2.05, 4.69) is 0 Å². The number of aryl methyl sites for hydroxylation is 1. The van der Waals surface area contributed by atoms with E-state index in [4.69, 9.17) is 5.11 Å². The Labute approximate surface area is 107 Å². The van der Waals surface area contributed by atoms with E-state index in [1.54, 1.807) is 0 Å². The fraction of sp³-hybridized carbons (Fsp3) is 0.250. The molecule has 0 radical (unpaired) electrons. The van der Waals surface area contributed by atoms with E-state index in [0.717, 1.165) is 21.1 Å². The van der Waals surface area contributed by atoms with Crippen LogP contribution in [-0.2, 0) is 16.0 Å². The Morgan fingerprint density at radius 1 is 1.44 bits per heavy atom. The standard InChI is InChI=1S/C12H11NO4S/c1-3-7-5-8(12(16)17)11(18-7)13-9(14)4-6(2)10(13)15/h4-5H,3H2,1-2H3,(H,16,17). The molecule has 1 aliphatic rings. The van der Waals surface area contributed by atoms with E-state index in [9.17, 15) is 14.4 Å². The molecule has 6 heteroatoms. The summed E-state index contributed by atoms with van der Waals surface area (Å²) in [5, 5.41) is 9.31. The molecule has 2 heterocycles. The quantitative estimate of drug-likeness (QED) is 0.846. The van der Waals surface area contributed by atoms with Crippen molar-refractivity contribution in [1.29, 1.82) is 0 Å². The Bertz CT molecular complexity index is 585. The molecule has 1 aromatic heterocycles. The van der Waals surface area contributed by atoms with Gasteiger partial charge in [0.1, 0.15) is 5.00 Å². The third kappa shape index (κ3) is 1.84. The first-order valence-corrected chi connectivity index (χ1v) is 6.20. The van der Waals surface area contributed by atoms with Crippen LogP contribution in [0.1, 0.15) is 29.1 Å². The lowest BCUT2D eigenvalue weighted by Gasteiger charge is -2.12. The van der Waals surface area contributed by atoms with Crippen molar-refractivity contribution in [1.82, 2.24) is 0 Å². The smallest absolute Gasteiger partial charge is 0.338 e. The third-order valence-electron chi connectivity index (χ3n) is 2.65. The number of anilines is 1. The molecule has 1 N–H and O–H groups in total. The minimum atomic E-state index is -1.13. The average Bonchev–Trinajstić information content (AvgIpc) is 2.82. The summed E-state index contributed by atoms with van der Waals surface area (Å²) in [4.78, 5) is 36.5. The number of carbonyl (C=O) groups excluding carboxylic acids is 2. The van der Waals surface area contributed by atoms with Crippen LogP contribution >= 0.6 is 11.3 Å². The number of carboxylic acid groups (broad SMARTS) is 1. The SMILES string of the molecule is CCc1cc(C(=O)O)c(N2C(=O)C=C(C)C2=O)s1. The zero-order valence-corrected chi connectivity index (χ0v) is 10.7. The van der Waals surface area contributed by atoms with Crippen LogP contribution in [0.25, 0.3) is 0 Å². The van der Waals surface area contributed by atoms with Crippen LogP contribution in [-0.4, -0.2) is 22.9 Å². The van der Waals surface area contributed by atoms with Gasteiger partial charge in [-0.15, -0.1) is 11.3 Å². The molecule has 0 aliphatic carbocycles. The van der Waals surface area contributed by atoms with Crippen molar-refractivity contribution in [3.05, 3.63) is 28.2 Å². The van der Waals surface area contributed by atoms with Gasteiger partial charge in [0.2, 0.25) is 0 Å². The number of amides is 2. The minimum Gasteiger partial charge on any atom is -0.478 e. The van der Waals surface area contributed by atoms with Crippen LogP contribution < -0.4 is 4.90 Å². The number of nitrogens with zero attached hydrogens (tertiary/aromatic N) is 1. The fourth-order valence-electron chi connectivity index (χ4n) is 1.71. The predicted molar refractivity (Wildman–Crippen MR) is 66.9 cm³/mol. The van der Waals surface area contributed by atoms with Crippen LogP contribution in [0.4, 0.5) is 5.00 Å². The molecule has 94 valence electrons. The Balaban J connectivity index is 2.52. The average molecular weight is 265 g/mol. The molecule has 18 heavy (non-hydrogen) atoms. The summed E-state index contributed by atoms with van der Waals surface area (Å²) in [5.74, 6) is -2.07. The van der Waals surface area contributed by atoms with Gasteiger partial charge in [-0.05, 0) is 19.4 Å². The van der Waals surface area contributed by atoms with Gasteiger partial charge in [0.15, 0.2) is 0 Å². The second-order valence-corrected chi connectivity index (χ2v) is 5.01.